The van der Waals surface area contributed by atoms with Crippen LogP contribution < -0.4 is 0 Å². The Bertz CT molecular complexity index is 825. The molecule has 2 unspecified atom stereocenters. The number of aryl methyl sites for hydroxylation is 1. The fraction of sp³-hybridized carbons (Fsp3) is 0.538. The van der Waals surface area contributed by atoms with Crippen LogP contribution in [0.3, 0.4) is 0 Å². The zero-order chi connectivity index (χ0) is 21.5. The quantitative estimate of drug-likeness (QED) is 0.375. The van der Waals surface area contributed by atoms with Gasteiger partial charge in [-0.3, -0.25) is 0 Å². The lowest BCUT2D eigenvalue weighted by Gasteiger charge is -2.30. The first-order valence-electron chi connectivity index (χ1n) is 11.4. The summed E-state index contributed by atoms with van der Waals surface area (Å²) < 4.78 is 50.3. The van der Waals surface area contributed by atoms with Gasteiger partial charge in [-0.25, -0.2) is 13.2 Å². The summed E-state index contributed by atoms with van der Waals surface area (Å²) in [5.41, 5.74) is 1.30. The third kappa shape index (κ3) is 5.46. The second-order valence-corrected chi connectivity index (χ2v) is 8.47. The van der Waals surface area contributed by atoms with Crippen molar-refractivity contribution in [1.29, 1.82) is 0 Å². The Morgan fingerprint density at radius 3 is 2.30 bits per heavy atom. The summed E-state index contributed by atoms with van der Waals surface area (Å²) in [4.78, 5) is 0. The van der Waals surface area contributed by atoms with E-state index in [-0.39, 0.29) is 23.1 Å². The van der Waals surface area contributed by atoms with Gasteiger partial charge < -0.3 is 4.74 Å². The second-order valence-electron chi connectivity index (χ2n) is 8.47. The molecule has 0 saturated carbocycles. The third-order valence-electron chi connectivity index (χ3n) is 6.19. The minimum atomic E-state index is -0.974. The summed E-state index contributed by atoms with van der Waals surface area (Å²) in [7, 11) is 0. The molecule has 164 valence electrons. The van der Waals surface area contributed by atoms with Gasteiger partial charge in [-0.15, -0.1) is 0 Å². The smallest absolute Gasteiger partial charge is 0.167 e. The summed E-state index contributed by atoms with van der Waals surface area (Å²) in [5, 5.41) is 0. The fourth-order valence-corrected chi connectivity index (χ4v) is 4.30. The summed E-state index contributed by atoms with van der Waals surface area (Å²) in [6.45, 7) is 4.66. The van der Waals surface area contributed by atoms with Crippen molar-refractivity contribution in [3.05, 3.63) is 58.9 Å². The van der Waals surface area contributed by atoms with Crippen LogP contribution in [0.1, 0.15) is 82.3 Å². The number of halogens is 3. The molecule has 30 heavy (non-hydrogen) atoms. The van der Waals surface area contributed by atoms with E-state index < -0.39 is 17.5 Å². The van der Waals surface area contributed by atoms with Gasteiger partial charge in [0.25, 0.3) is 0 Å². The Kier molecular flexibility index (Phi) is 8.38. The molecule has 4 heteroatoms. The summed E-state index contributed by atoms with van der Waals surface area (Å²) >= 11 is 0. The van der Waals surface area contributed by atoms with Crippen LogP contribution in [0.5, 0.6) is 0 Å². The maximum absolute atomic E-state index is 14.9. The first-order chi connectivity index (χ1) is 14.5. The zero-order valence-corrected chi connectivity index (χ0v) is 18.2. The lowest BCUT2D eigenvalue weighted by molar-refractivity contribution is -0.00277. The fourth-order valence-electron chi connectivity index (χ4n) is 4.30. The maximum Gasteiger partial charge on any atom is 0.167 e. The molecule has 1 heterocycles. The van der Waals surface area contributed by atoms with Gasteiger partial charge in [0.05, 0.1) is 12.7 Å². The van der Waals surface area contributed by atoms with Gasteiger partial charge in [0.1, 0.15) is 5.82 Å². The topological polar surface area (TPSA) is 9.23 Å². The normalized spacial score (nSPS) is 19.2. The average Bonchev–Trinajstić information content (AvgIpc) is 2.75. The Morgan fingerprint density at radius 2 is 1.63 bits per heavy atom. The maximum atomic E-state index is 14.9. The molecule has 0 radical (unpaired) electrons. The predicted molar refractivity (Wildman–Crippen MR) is 116 cm³/mol. The summed E-state index contributed by atoms with van der Waals surface area (Å²) in [5.74, 6) is -2.51. The highest BCUT2D eigenvalue weighted by Gasteiger charge is 2.27. The van der Waals surface area contributed by atoms with Gasteiger partial charge in [0.2, 0.25) is 0 Å². The number of rotatable bonds is 9. The van der Waals surface area contributed by atoms with Gasteiger partial charge in [-0.05, 0) is 49.3 Å². The van der Waals surface area contributed by atoms with E-state index in [0.717, 1.165) is 50.5 Å². The Labute approximate surface area is 178 Å². The van der Waals surface area contributed by atoms with E-state index in [1.807, 2.05) is 0 Å². The molecule has 0 bridgehead atoms. The Hall–Kier alpha value is -1.81. The molecule has 1 nitrogen and oxygen atoms in total. The Morgan fingerprint density at radius 1 is 0.867 bits per heavy atom. The summed E-state index contributed by atoms with van der Waals surface area (Å²) in [6, 6.07) is 7.90. The van der Waals surface area contributed by atoms with Gasteiger partial charge in [0.15, 0.2) is 11.6 Å². The molecule has 2 aromatic rings. The van der Waals surface area contributed by atoms with Crippen LogP contribution in [-0.2, 0) is 11.2 Å². The van der Waals surface area contributed by atoms with E-state index >= 15 is 0 Å². The molecular weight excluding hydrogens is 385 g/mol. The van der Waals surface area contributed by atoms with Crippen molar-refractivity contribution in [3.8, 4) is 11.1 Å². The van der Waals surface area contributed by atoms with Crippen LogP contribution >= 0.6 is 0 Å². The van der Waals surface area contributed by atoms with Crippen molar-refractivity contribution in [3.63, 3.8) is 0 Å². The summed E-state index contributed by atoms with van der Waals surface area (Å²) in [6.07, 6.45) is 9.20. The molecule has 0 spiro atoms. The van der Waals surface area contributed by atoms with Crippen LogP contribution in [0.15, 0.2) is 30.3 Å². The van der Waals surface area contributed by atoms with Crippen LogP contribution in [0, 0.1) is 17.5 Å². The molecule has 2 atom stereocenters. The van der Waals surface area contributed by atoms with Crippen LogP contribution in [0.2, 0.25) is 0 Å². The number of hydrogen-bond donors (Lipinski definition) is 0. The monoisotopic (exact) mass is 418 g/mol. The zero-order valence-electron chi connectivity index (χ0n) is 18.2. The third-order valence-corrected chi connectivity index (χ3v) is 6.19. The molecule has 1 fully saturated rings. The number of benzene rings is 2. The molecule has 3 rings (SSSR count). The van der Waals surface area contributed by atoms with Crippen molar-refractivity contribution in [2.75, 3.05) is 6.61 Å². The molecule has 1 aliphatic heterocycles. The number of hydrogen-bond acceptors (Lipinski definition) is 1. The molecule has 0 aliphatic carbocycles. The number of ether oxygens (including phenoxy) is 1. The van der Waals surface area contributed by atoms with Crippen LogP contribution in [-0.4, -0.2) is 12.7 Å². The molecule has 1 aliphatic rings. The average molecular weight is 419 g/mol. The number of unbranched alkanes of at least 4 members (excludes halogenated alkanes) is 3. The standard InChI is InChI=1S/C26H33F3O/c1-3-5-7-9-20-12-11-19(17-30-20)21-14-15-23(26(29)25(21)28)22-13-10-18(8-6-4-2)16-24(22)27/h10,13-16,19-20H,3-9,11-12,17H2,1-2H3. The second kappa shape index (κ2) is 11.0. The van der Waals surface area contributed by atoms with Crippen molar-refractivity contribution >= 4 is 0 Å². The molecular formula is C26H33F3O. The van der Waals surface area contributed by atoms with E-state index in [0.29, 0.717) is 12.2 Å². The van der Waals surface area contributed by atoms with Gasteiger partial charge in [-0.1, -0.05) is 63.8 Å². The van der Waals surface area contributed by atoms with Gasteiger partial charge in [0, 0.05) is 17.0 Å². The highest BCUT2D eigenvalue weighted by Crippen LogP contribution is 2.35. The lowest BCUT2D eigenvalue weighted by atomic mass is 9.88. The van der Waals surface area contributed by atoms with Crippen LogP contribution in [0.4, 0.5) is 13.2 Å². The van der Waals surface area contributed by atoms with Gasteiger partial charge in [-0.2, -0.15) is 0 Å². The van der Waals surface area contributed by atoms with Crippen molar-refractivity contribution in [1.82, 2.24) is 0 Å². The van der Waals surface area contributed by atoms with E-state index in [2.05, 4.69) is 13.8 Å². The first-order valence-corrected chi connectivity index (χ1v) is 11.4. The van der Waals surface area contributed by atoms with Gasteiger partial charge >= 0.3 is 0 Å². The lowest BCUT2D eigenvalue weighted by Crippen LogP contribution is -2.25. The largest absolute Gasteiger partial charge is 0.378 e. The molecule has 0 amide bonds. The molecule has 1 saturated heterocycles. The highest BCUT2D eigenvalue weighted by atomic mass is 19.2. The predicted octanol–water partition coefficient (Wildman–Crippen LogP) is 7.96. The van der Waals surface area contributed by atoms with Crippen molar-refractivity contribution in [2.24, 2.45) is 0 Å². The molecule has 0 aromatic heterocycles. The van der Waals surface area contributed by atoms with Crippen molar-refractivity contribution in [2.45, 2.75) is 83.7 Å². The van der Waals surface area contributed by atoms with E-state index in [1.54, 1.807) is 18.2 Å². The van der Waals surface area contributed by atoms with E-state index in [1.165, 1.54) is 25.0 Å². The van der Waals surface area contributed by atoms with E-state index in [9.17, 15) is 13.2 Å². The minimum Gasteiger partial charge on any atom is -0.378 e. The van der Waals surface area contributed by atoms with E-state index in [4.69, 9.17) is 4.74 Å². The highest BCUT2D eigenvalue weighted by molar-refractivity contribution is 5.66. The van der Waals surface area contributed by atoms with Crippen LogP contribution in [0.25, 0.3) is 11.1 Å². The minimum absolute atomic E-state index is 0.0232. The SMILES string of the molecule is CCCCCC1CCC(c2ccc(-c3ccc(CCCC)cc3F)c(F)c2F)CO1. The Balaban J connectivity index is 1.72. The van der Waals surface area contributed by atoms with Crippen molar-refractivity contribution < 1.29 is 17.9 Å². The molecule has 0 N–H and O–H groups in total. The molecule has 2 aromatic carbocycles. The first kappa shape index (κ1) is 22.9.